The van der Waals surface area contributed by atoms with Gasteiger partial charge in [0.2, 0.25) is 0 Å². The summed E-state index contributed by atoms with van der Waals surface area (Å²) in [4.78, 5) is 23.4. The summed E-state index contributed by atoms with van der Waals surface area (Å²) in [7, 11) is 0. The number of nitrogens with two attached hydrogens (primary N) is 1. The zero-order chi connectivity index (χ0) is 13.7. The Morgan fingerprint density at radius 3 is 2.61 bits per heavy atom. The van der Waals surface area contributed by atoms with Gasteiger partial charge in [-0.05, 0) is 24.1 Å². The SMILES string of the molecule is CC(C)CNN(C(N)=O)C(=O)c1cccc(Br)c1. The molecule has 0 aliphatic carbocycles. The van der Waals surface area contributed by atoms with Gasteiger partial charge in [-0.15, -0.1) is 0 Å². The molecular weight excluding hydrogens is 298 g/mol. The van der Waals surface area contributed by atoms with Crippen molar-refractivity contribution in [2.24, 2.45) is 11.7 Å². The minimum atomic E-state index is -0.819. The van der Waals surface area contributed by atoms with Gasteiger partial charge >= 0.3 is 6.03 Å². The average Bonchev–Trinajstić information content (AvgIpc) is 2.28. The van der Waals surface area contributed by atoms with E-state index in [4.69, 9.17) is 5.73 Å². The second kappa shape index (κ2) is 6.51. The first kappa shape index (κ1) is 14.7. The number of halogens is 1. The number of nitrogens with zero attached hydrogens (tertiary/aromatic N) is 1. The summed E-state index contributed by atoms with van der Waals surface area (Å²) >= 11 is 3.27. The molecule has 0 aromatic heterocycles. The standard InChI is InChI=1S/C12H16BrN3O2/c1-8(2)7-15-16(12(14)18)11(17)9-4-3-5-10(13)6-9/h3-6,8,15H,7H2,1-2H3,(H2,14,18). The van der Waals surface area contributed by atoms with E-state index in [0.29, 0.717) is 18.0 Å². The smallest absolute Gasteiger partial charge is 0.336 e. The molecule has 0 aliphatic heterocycles. The fourth-order valence-corrected chi connectivity index (χ4v) is 1.67. The first-order valence-electron chi connectivity index (χ1n) is 5.54. The number of hydrogen-bond acceptors (Lipinski definition) is 3. The van der Waals surface area contributed by atoms with Crippen LogP contribution in [0, 0.1) is 5.92 Å². The molecule has 0 saturated carbocycles. The highest BCUT2D eigenvalue weighted by Gasteiger charge is 2.20. The highest BCUT2D eigenvalue weighted by molar-refractivity contribution is 9.10. The lowest BCUT2D eigenvalue weighted by atomic mass is 10.2. The maximum absolute atomic E-state index is 12.1. The van der Waals surface area contributed by atoms with Gasteiger partial charge in [0.15, 0.2) is 0 Å². The summed E-state index contributed by atoms with van der Waals surface area (Å²) in [6, 6.07) is 5.96. The number of benzene rings is 1. The van der Waals surface area contributed by atoms with Crippen molar-refractivity contribution in [3.8, 4) is 0 Å². The van der Waals surface area contributed by atoms with Crippen LogP contribution in [0.3, 0.4) is 0 Å². The molecule has 0 aliphatic rings. The van der Waals surface area contributed by atoms with E-state index in [1.807, 2.05) is 13.8 Å². The van der Waals surface area contributed by atoms with Crippen LogP contribution in [0.25, 0.3) is 0 Å². The summed E-state index contributed by atoms with van der Waals surface area (Å²) in [5, 5.41) is 0.835. The molecule has 0 bridgehead atoms. The number of nitrogens with one attached hydrogen (secondary N) is 1. The molecule has 0 atom stereocenters. The molecule has 0 spiro atoms. The van der Waals surface area contributed by atoms with Gasteiger partial charge in [0.1, 0.15) is 0 Å². The van der Waals surface area contributed by atoms with E-state index < -0.39 is 11.9 Å². The van der Waals surface area contributed by atoms with Crippen molar-refractivity contribution in [2.75, 3.05) is 6.54 Å². The lowest BCUT2D eigenvalue weighted by molar-refractivity contribution is 0.0730. The van der Waals surface area contributed by atoms with Gasteiger partial charge in [-0.25, -0.2) is 10.2 Å². The Kier molecular flexibility index (Phi) is 5.30. The number of urea groups is 1. The van der Waals surface area contributed by atoms with Crippen LogP contribution in [-0.2, 0) is 0 Å². The van der Waals surface area contributed by atoms with Crippen molar-refractivity contribution >= 4 is 27.9 Å². The van der Waals surface area contributed by atoms with E-state index in [0.717, 1.165) is 9.48 Å². The minimum Gasteiger partial charge on any atom is -0.350 e. The molecular formula is C12H16BrN3O2. The van der Waals surface area contributed by atoms with Gasteiger partial charge in [0.05, 0.1) is 0 Å². The summed E-state index contributed by atoms with van der Waals surface area (Å²) in [5.74, 6) is -0.174. The normalized spacial score (nSPS) is 10.4. The Balaban J connectivity index is 2.86. The zero-order valence-corrected chi connectivity index (χ0v) is 11.9. The van der Waals surface area contributed by atoms with Gasteiger partial charge in [0.25, 0.3) is 5.91 Å². The number of carbonyl (C=O) groups is 2. The fraction of sp³-hybridized carbons (Fsp3) is 0.333. The quantitative estimate of drug-likeness (QED) is 0.836. The maximum atomic E-state index is 12.1. The van der Waals surface area contributed by atoms with E-state index in [-0.39, 0.29) is 0 Å². The molecule has 0 saturated heterocycles. The molecule has 18 heavy (non-hydrogen) atoms. The number of carbonyl (C=O) groups excluding carboxylic acids is 2. The molecule has 1 aromatic carbocycles. The highest BCUT2D eigenvalue weighted by atomic mass is 79.9. The molecule has 3 amide bonds. The van der Waals surface area contributed by atoms with E-state index in [1.165, 1.54) is 0 Å². The predicted octanol–water partition coefficient (Wildman–Crippen LogP) is 2.13. The third-order valence-electron chi connectivity index (χ3n) is 2.15. The van der Waals surface area contributed by atoms with Crippen LogP contribution >= 0.6 is 15.9 Å². The summed E-state index contributed by atoms with van der Waals surface area (Å²) in [6.07, 6.45) is 0. The third-order valence-corrected chi connectivity index (χ3v) is 2.65. The monoisotopic (exact) mass is 313 g/mol. The second-order valence-electron chi connectivity index (χ2n) is 4.25. The largest absolute Gasteiger partial charge is 0.350 e. The summed E-state index contributed by atoms with van der Waals surface area (Å²) < 4.78 is 0.765. The van der Waals surface area contributed by atoms with Crippen LogP contribution in [0.15, 0.2) is 28.7 Å². The molecule has 0 radical (unpaired) electrons. The highest BCUT2D eigenvalue weighted by Crippen LogP contribution is 2.13. The van der Waals surface area contributed by atoms with Crippen molar-refractivity contribution in [3.05, 3.63) is 34.3 Å². The van der Waals surface area contributed by atoms with Crippen LogP contribution in [0.1, 0.15) is 24.2 Å². The van der Waals surface area contributed by atoms with Crippen molar-refractivity contribution in [2.45, 2.75) is 13.8 Å². The van der Waals surface area contributed by atoms with Crippen LogP contribution in [-0.4, -0.2) is 23.5 Å². The molecule has 6 heteroatoms. The van der Waals surface area contributed by atoms with Gasteiger partial charge in [-0.3, -0.25) is 4.79 Å². The predicted molar refractivity (Wildman–Crippen MR) is 72.7 cm³/mol. The Labute approximate surface area is 114 Å². The molecule has 1 rings (SSSR count). The molecule has 1 aromatic rings. The van der Waals surface area contributed by atoms with E-state index in [1.54, 1.807) is 24.3 Å². The number of hydrogen-bond donors (Lipinski definition) is 2. The van der Waals surface area contributed by atoms with Crippen molar-refractivity contribution in [1.29, 1.82) is 0 Å². The molecule has 0 fully saturated rings. The first-order chi connectivity index (χ1) is 8.41. The van der Waals surface area contributed by atoms with E-state index >= 15 is 0 Å². The number of primary amides is 1. The molecule has 0 unspecified atom stereocenters. The van der Waals surface area contributed by atoms with Crippen LogP contribution in [0.4, 0.5) is 4.79 Å². The summed E-state index contributed by atoms with van der Waals surface area (Å²) in [5.41, 5.74) is 8.31. The molecule has 5 nitrogen and oxygen atoms in total. The van der Waals surface area contributed by atoms with Gasteiger partial charge in [-0.2, -0.15) is 5.01 Å². The number of imide groups is 1. The number of rotatable bonds is 4. The average molecular weight is 314 g/mol. The maximum Gasteiger partial charge on any atom is 0.336 e. The Bertz CT molecular complexity index is 449. The fourth-order valence-electron chi connectivity index (χ4n) is 1.27. The van der Waals surface area contributed by atoms with Gasteiger partial charge in [0, 0.05) is 16.6 Å². The lowest BCUT2D eigenvalue weighted by Gasteiger charge is -2.20. The third kappa shape index (κ3) is 4.12. The number of hydrazine groups is 1. The van der Waals surface area contributed by atoms with E-state index in [9.17, 15) is 9.59 Å². The van der Waals surface area contributed by atoms with Crippen molar-refractivity contribution in [3.63, 3.8) is 0 Å². The summed E-state index contributed by atoms with van der Waals surface area (Å²) in [6.45, 7) is 4.42. The van der Waals surface area contributed by atoms with E-state index in [2.05, 4.69) is 21.4 Å². The Hall–Kier alpha value is -1.40. The number of amides is 3. The molecule has 3 N–H and O–H groups in total. The Morgan fingerprint density at radius 2 is 2.11 bits per heavy atom. The van der Waals surface area contributed by atoms with Gasteiger partial charge < -0.3 is 5.73 Å². The van der Waals surface area contributed by atoms with Crippen LogP contribution in [0.2, 0.25) is 0 Å². The second-order valence-corrected chi connectivity index (χ2v) is 5.16. The van der Waals surface area contributed by atoms with Crippen LogP contribution in [0.5, 0.6) is 0 Å². The topological polar surface area (TPSA) is 75.4 Å². The molecule has 98 valence electrons. The van der Waals surface area contributed by atoms with Crippen LogP contribution < -0.4 is 11.2 Å². The van der Waals surface area contributed by atoms with Crippen molar-refractivity contribution in [1.82, 2.24) is 10.4 Å². The van der Waals surface area contributed by atoms with Crippen molar-refractivity contribution < 1.29 is 9.59 Å². The minimum absolute atomic E-state index is 0.294. The lowest BCUT2D eigenvalue weighted by Crippen LogP contribution is -2.50. The zero-order valence-electron chi connectivity index (χ0n) is 10.3. The first-order valence-corrected chi connectivity index (χ1v) is 6.34. The molecule has 0 heterocycles. The Morgan fingerprint density at radius 1 is 1.44 bits per heavy atom. The van der Waals surface area contributed by atoms with Gasteiger partial charge in [-0.1, -0.05) is 35.8 Å².